The van der Waals surface area contributed by atoms with E-state index >= 15 is 0 Å². The van der Waals surface area contributed by atoms with Crippen LogP contribution in [0.2, 0.25) is 5.02 Å². The summed E-state index contributed by atoms with van der Waals surface area (Å²) in [5.74, 6) is -1.03. The zero-order chi connectivity index (χ0) is 23.5. The molecule has 0 atom stereocenters. The van der Waals surface area contributed by atoms with E-state index in [4.69, 9.17) is 26.5 Å². The van der Waals surface area contributed by atoms with Crippen molar-refractivity contribution in [3.05, 3.63) is 71.1 Å². The summed E-state index contributed by atoms with van der Waals surface area (Å²) in [4.78, 5) is 27.9. The third-order valence-corrected chi connectivity index (χ3v) is 5.02. The molecule has 0 aliphatic rings. The van der Waals surface area contributed by atoms with Gasteiger partial charge in [0.15, 0.2) is 5.58 Å². The van der Waals surface area contributed by atoms with E-state index in [1.54, 1.807) is 43.5 Å². The van der Waals surface area contributed by atoms with Crippen molar-refractivity contribution in [3.8, 4) is 11.3 Å². The van der Waals surface area contributed by atoms with Gasteiger partial charge in [-0.25, -0.2) is 9.18 Å². The minimum Gasteiger partial charge on any atom is -0.450 e. The molecule has 0 radical (unpaired) electrons. The first-order valence-corrected chi connectivity index (χ1v) is 10.2. The molecule has 0 fully saturated rings. The normalized spacial score (nSPS) is 10.8. The Morgan fingerprint density at radius 2 is 1.94 bits per heavy atom. The zero-order valence-electron chi connectivity index (χ0n) is 17.3. The molecule has 0 aliphatic heterocycles. The number of primary amides is 1. The average molecular weight is 469 g/mol. The van der Waals surface area contributed by atoms with E-state index in [1.165, 1.54) is 18.2 Å². The van der Waals surface area contributed by atoms with Crippen LogP contribution in [0.25, 0.3) is 22.2 Å². The maximum atomic E-state index is 13.6. The van der Waals surface area contributed by atoms with Crippen molar-refractivity contribution in [2.75, 3.05) is 17.2 Å². The number of carbonyl (C=O) groups is 2. The Labute approximate surface area is 192 Å². The van der Waals surface area contributed by atoms with Crippen LogP contribution >= 0.6 is 11.6 Å². The van der Waals surface area contributed by atoms with Crippen LogP contribution in [0.1, 0.15) is 17.3 Å². The molecule has 33 heavy (non-hydrogen) atoms. The van der Waals surface area contributed by atoms with Gasteiger partial charge in [0.05, 0.1) is 17.0 Å². The van der Waals surface area contributed by atoms with Gasteiger partial charge >= 0.3 is 6.09 Å². The van der Waals surface area contributed by atoms with E-state index in [0.717, 1.165) is 0 Å². The molecule has 0 unspecified atom stereocenters. The molecule has 0 saturated carbocycles. The van der Waals surface area contributed by atoms with Crippen LogP contribution in [0, 0.1) is 5.82 Å². The predicted molar refractivity (Wildman–Crippen MR) is 123 cm³/mol. The van der Waals surface area contributed by atoms with Crippen LogP contribution in [-0.2, 0) is 4.74 Å². The molecule has 10 heteroatoms. The Morgan fingerprint density at radius 3 is 2.61 bits per heavy atom. The highest BCUT2D eigenvalue weighted by Gasteiger charge is 2.21. The monoisotopic (exact) mass is 468 g/mol. The van der Waals surface area contributed by atoms with Crippen LogP contribution in [0.4, 0.5) is 26.4 Å². The summed E-state index contributed by atoms with van der Waals surface area (Å²) in [7, 11) is 0. The molecule has 4 aromatic rings. The van der Waals surface area contributed by atoms with E-state index < -0.39 is 17.8 Å². The van der Waals surface area contributed by atoms with Crippen molar-refractivity contribution in [2.24, 2.45) is 5.73 Å². The smallest absolute Gasteiger partial charge is 0.414 e. The van der Waals surface area contributed by atoms with Crippen molar-refractivity contribution in [2.45, 2.75) is 6.92 Å². The maximum Gasteiger partial charge on any atom is 0.414 e. The number of nitrogens with two attached hydrogens (primary N) is 1. The molecule has 0 saturated heterocycles. The van der Waals surface area contributed by atoms with Gasteiger partial charge in [-0.2, -0.15) is 0 Å². The highest BCUT2D eigenvalue weighted by molar-refractivity contribution is 6.31. The number of nitrogens with one attached hydrogen (secondary N) is 2. The summed E-state index contributed by atoms with van der Waals surface area (Å²) in [6.07, 6.45) is 0.864. The number of ether oxygens (including phenoxy) is 1. The SMILES string of the molecule is CCOC(=O)Nc1oc2c(-c3ccc(C(N)=O)cc3)nccc2c1Nc1ccc(F)c(Cl)c1. The molecule has 0 spiro atoms. The highest BCUT2D eigenvalue weighted by atomic mass is 35.5. The number of benzene rings is 2. The number of aromatic nitrogens is 1. The summed E-state index contributed by atoms with van der Waals surface area (Å²) in [6.45, 7) is 1.84. The van der Waals surface area contributed by atoms with E-state index in [9.17, 15) is 14.0 Å². The first-order valence-electron chi connectivity index (χ1n) is 9.85. The van der Waals surface area contributed by atoms with Gasteiger partial charge in [0.1, 0.15) is 17.2 Å². The fraction of sp³-hybridized carbons (Fsp3) is 0.0870. The molecule has 0 bridgehead atoms. The number of anilines is 3. The molecular formula is C23H18ClFN4O4. The van der Waals surface area contributed by atoms with Crippen molar-refractivity contribution in [1.29, 1.82) is 0 Å². The molecule has 4 rings (SSSR count). The molecule has 0 aliphatic carbocycles. The third-order valence-electron chi connectivity index (χ3n) is 4.73. The Bertz CT molecular complexity index is 1350. The number of amides is 2. The quantitative estimate of drug-likeness (QED) is 0.334. The number of furan rings is 1. The van der Waals surface area contributed by atoms with Crippen molar-refractivity contribution in [3.63, 3.8) is 0 Å². The second-order valence-electron chi connectivity index (χ2n) is 6.88. The van der Waals surface area contributed by atoms with E-state index in [1.807, 2.05) is 0 Å². The van der Waals surface area contributed by atoms with Crippen molar-refractivity contribution >= 4 is 51.8 Å². The Hall–Kier alpha value is -4.11. The fourth-order valence-electron chi connectivity index (χ4n) is 3.21. The van der Waals surface area contributed by atoms with Gasteiger partial charge < -0.3 is 20.2 Å². The summed E-state index contributed by atoms with van der Waals surface area (Å²) < 4.78 is 24.5. The number of rotatable bonds is 6. The number of carbonyl (C=O) groups excluding carboxylic acids is 2. The lowest BCUT2D eigenvalue weighted by Crippen LogP contribution is -2.13. The zero-order valence-corrected chi connectivity index (χ0v) is 18.1. The van der Waals surface area contributed by atoms with Gasteiger partial charge in [-0.1, -0.05) is 23.7 Å². The summed E-state index contributed by atoms with van der Waals surface area (Å²) in [5.41, 5.74) is 8.05. The molecule has 168 valence electrons. The Morgan fingerprint density at radius 1 is 1.18 bits per heavy atom. The van der Waals surface area contributed by atoms with Gasteiger partial charge in [0.2, 0.25) is 11.8 Å². The van der Waals surface area contributed by atoms with Gasteiger partial charge in [-0.05, 0) is 43.3 Å². The third kappa shape index (κ3) is 4.58. The second kappa shape index (κ2) is 9.17. The minimum atomic E-state index is -0.711. The molecule has 2 amide bonds. The number of nitrogens with zero attached hydrogens (tertiary/aromatic N) is 1. The fourth-order valence-corrected chi connectivity index (χ4v) is 3.39. The number of pyridine rings is 1. The summed E-state index contributed by atoms with van der Waals surface area (Å²) >= 11 is 5.91. The molecule has 2 heterocycles. The lowest BCUT2D eigenvalue weighted by Gasteiger charge is -2.09. The van der Waals surface area contributed by atoms with Crippen LogP contribution in [0.5, 0.6) is 0 Å². The Kier molecular flexibility index (Phi) is 6.14. The van der Waals surface area contributed by atoms with Crippen molar-refractivity contribution in [1.82, 2.24) is 4.98 Å². The number of fused-ring (bicyclic) bond motifs is 1. The largest absolute Gasteiger partial charge is 0.450 e. The van der Waals surface area contributed by atoms with Crippen LogP contribution in [0.3, 0.4) is 0 Å². The second-order valence-corrected chi connectivity index (χ2v) is 7.29. The first kappa shape index (κ1) is 22.1. The average Bonchev–Trinajstić information content (AvgIpc) is 3.13. The lowest BCUT2D eigenvalue weighted by molar-refractivity contribution is 0.1000. The molecular weight excluding hydrogens is 451 g/mol. The molecule has 2 aromatic carbocycles. The van der Waals surface area contributed by atoms with Crippen molar-refractivity contribution < 1.29 is 23.1 Å². The van der Waals surface area contributed by atoms with Crippen LogP contribution < -0.4 is 16.4 Å². The van der Waals surface area contributed by atoms with Crippen LogP contribution in [-0.4, -0.2) is 23.6 Å². The van der Waals surface area contributed by atoms with E-state index in [0.29, 0.717) is 39.2 Å². The molecule has 8 nitrogen and oxygen atoms in total. The number of halogens is 2. The first-order chi connectivity index (χ1) is 15.9. The molecule has 2 aromatic heterocycles. The standard InChI is InChI=1S/C23H18ClFN4O4/c1-2-32-23(31)29-22-19(28-14-7-8-17(25)16(24)11-14)15-9-10-27-18(20(15)33-22)12-3-5-13(6-4-12)21(26)30/h3-11,28H,2H2,1H3,(H2,26,30)(H,29,31). The van der Waals surface area contributed by atoms with Gasteiger partial charge in [-0.15, -0.1) is 0 Å². The topological polar surface area (TPSA) is 119 Å². The van der Waals surface area contributed by atoms with Gasteiger partial charge in [0, 0.05) is 23.0 Å². The highest BCUT2D eigenvalue weighted by Crippen LogP contribution is 2.41. The van der Waals surface area contributed by atoms with E-state index in [-0.39, 0.29) is 17.5 Å². The van der Waals surface area contributed by atoms with Gasteiger partial charge in [-0.3, -0.25) is 15.1 Å². The number of hydrogen-bond acceptors (Lipinski definition) is 6. The predicted octanol–water partition coefficient (Wildman–Crippen LogP) is 5.70. The minimum absolute atomic E-state index is 0.0652. The molecule has 4 N–H and O–H groups in total. The Balaban J connectivity index is 1.83. The summed E-state index contributed by atoms with van der Waals surface area (Å²) in [5, 5.41) is 6.20. The number of hydrogen-bond donors (Lipinski definition) is 3. The maximum absolute atomic E-state index is 13.6. The van der Waals surface area contributed by atoms with Crippen LogP contribution in [0.15, 0.2) is 59.1 Å². The van der Waals surface area contributed by atoms with E-state index in [2.05, 4.69) is 15.6 Å². The summed E-state index contributed by atoms with van der Waals surface area (Å²) in [6, 6.07) is 12.4. The lowest BCUT2D eigenvalue weighted by atomic mass is 10.1. The van der Waals surface area contributed by atoms with Gasteiger partial charge in [0.25, 0.3) is 0 Å².